The molecule has 2 aromatic carbocycles. The molecule has 0 aromatic heterocycles. The number of non-ortho nitro benzene ring substituents is 1. The summed E-state index contributed by atoms with van der Waals surface area (Å²) >= 11 is 0. The number of nitro groups is 1. The van der Waals surface area contributed by atoms with Crippen molar-refractivity contribution in [1.29, 1.82) is 0 Å². The highest BCUT2D eigenvalue weighted by Gasteiger charge is 2.14. The monoisotopic (exact) mass is 326 g/mol. The third-order valence-corrected chi connectivity index (χ3v) is 3.08. The Morgan fingerprint density at radius 2 is 2.00 bits per heavy atom. The second-order valence-electron chi connectivity index (χ2n) is 4.61. The van der Waals surface area contributed by atoms with Gasteiger partial charge in [-0.05, 0) is 30.3 Å². The number of hydrogen-bond donors (Lipinski definition) is 1. The molecule has 7 nitrogen and oxygen atoms in total. The molecule has 0 aliphatic carbocycles. The summed E-state index contributed by atoms with van der Waals surface area (Å²) in [5, 5.41) is 13.4. The molecule has 122 valence electrons. The SMILES string of the molecule is C#CCOc1ccc(C(=O)Nc2ccc([N+](=O)[O-])cc2OC)cc1. The van der Waals surface area contributed by atoms with E-state index in [-0.39, 0.29) is 24.0 Å². The summed E-state index contributed by atoms with van der Waals surface area (Å²) < 4.78 is 10.3. The van der Waals surface area contributed by atoms with E-state index in [2.05, 4.69) is 11.2 Å². The van der Waals surface area contributed by atoms with Crippen LogP contribution in [0.25, 0.3) is 0 Å². The first kappa shape index (κ1) is 16.8. The highest BCUT2D eigenvalue weighted by Crippen LogP contribution is 2.29. The minimum absolute atomic E-state index is 0.125. The fourth-order valence-electron chi connectivity index (χ4n) is 1.92. The van der Waals surface area contributed by atoms with E-state index in [0.717, 1.165) is 0 Å². The normalized spacial score (nSPS) is 9.67. The largest absolute Gasteiger partial charge is 0.494 e. The molecule has 0 aliphatic heterocycles. The third kappa shape index (κ3) is 4.01. The van der Waals surface area contributed by atoms with Crippen LogP contribution in [0.4, 0.5) is 11.4 Å². The number of carbonyl (C=O) groups is 1. The van der Waals surface area contributed by atoms with Crippen molar-refractivity contribution in [1.82, 2.24) is 0 Å². The van der Waals surface area contributed by atoms with Gasteiger partial charge in [-0.15, -0.1) is 6.42 Å². The molecule has 2 aromatic rings. The lowest BCUT2D eigenvalue weighted by Crippen LogP contribution is -2.12. The van der Waals surface area contributed by atoms with E-state index in [9.17, 15) is 14.9 Å². The Labute approximate surface area is 138 Å². The molecular weight excluding hydrogens is 312 g/mol. The number of ether oxygens (including phenoxy) is 2. The third-order valence-electron chi connectivity index (χ3n) is 3.08. The van der Waals surface area contributed by atoms with Gasteiger partial charge in [0.2, 0.25) is 0 Å². The molecule has 0 radical (unpaired) electrons. The van der Waals surface area contributed by atoms with Gasteiger partial charge in [0.15, 0.2) is 0 Å². The number of nitrogens with zero attached hydrogens (tertiary/aromatic N) is 1. The van der Waals surface area contributed by atoms with E-state index in [0.29, 0.717) is 17.0 Å². The van der Waals surface area contributed by atoms with Crippen molar-refractivity contribution in [3.05, 3.63) is 58.1 Å². The topological polar surface area (TPSA) is 90.7 Å². The minimum atomic E-state index is -0.539. The number of nitro benzene ring substituents is 1. The van der Waals surface area contributed by atoms with Gasteiger partial charge in [0.25, 0.3) is 11.6 Å². The summed E-state index contributed by atoms with van der Waals surface area (Å²) in [6.45, 7) is 0.144. The Balaban J connectivity index is 2.14. The quantitative estimate of drug-likeness (QED) is 0.501. The standard InChI is InChI=1S/C17H14N2O5/c1-3-10-24-14-7-4-12(5-8-14)17(20)18-15-9-6-13(19(21)22)11-16(15)23-2/h1,4-9,11H,10H2,2H3,(H,18,20). The van der Waals surface area contributed by atoms with Gasteiger partial charge in [0, 0.05) is 11.6 Å². The lowest BCUT2D eigenvalue weighted by Gasteiger charge is -2.10. The minimum Gasteiger partial charge on any atom is -0.494 e. The molecule has 0 saturated heterocycles. The maximum atomic E-state index is 12.3. The second kappa shape index (κ2) is 7.65. The predicted molar refractivity (Wildman–Crippen MR) is 88.4 cm³/mol. The van der Waals surface area contributed by atoms with Gasteiger partial charge in [0.1, 0.15) is 18.1 Å². The molecule has 1 N–H and O–H groups in total. The molecule has 0 bridgehead atoms. The number of terminal acetylenes is 1. The van der Waals surface area contributed by atoms with Crippen LogP contribution >= 0.6 is 0 Å². The number of benzene rings is 2. The Morgan fingerprint density at radius 3 is 2.58 bits per heavy atom. The molecule has 0 aliphatic rings. The lowest BCUT2D eigenvalue weighted by molar-refractivity contribution is -0.384. The smallest absolute Gasteiger partial charge is 0.273 e. The molecule has 0 unspecified atom stereocenters. The molecule has 0 fully saturated rings. The van der Waals surface area contributed by atoms with Gasteiger partial charge in [-0.1, -0.05) is 5.92 Å². The maximum absolute atomic E-state index is 12.3. The van der Waals surface area contributed by atoms with Gasteiger partial charge in [0.05, 0.1) is 23.8 Å². The zero-order valence-corrected chi connectivity index (χ0v) is 12.8. The fourth-order valence-corrected chi connectivity index (χ4v) is 1.92. The number of amides is 1. The average Bonchev–Trinajstić information content (AvgIpc) is 2.60. The number of rotatable bonds is 6. The van der Waals surface area contributed by atoms with Gasteiger partial charge >= 0.3 is 0 Å². The van der Waals surface area contributed by atoms with Crippen LogP contribution in [0.5, 0.6) is 11.5 Å². The van der Waals surface area contributed by atoms with Crippen LogP contribution in [0, 0.1) is 22.5 Å². The van der Waals surface area contributed by atoms with Crippen LogP contribution in [-0.2, 0) is 0 Å². The summed E-state index contributed by atoms with van der Waals surface area (Å²) in [4.78, 5) is 22.5. The Hall–Kier alpha value is -3.53. The molecule has 2 rings (SSSR count). The fraction of sp³-hybridized carbons (Fsp3) is 0.118. The molecule has 0 heterocycles. The van der Waals surface area contributed by atoms with E-state index in [1.807, 2.05) is 0 Å². The van der Waals surface area contributed by atoms with Crippen LogP contribution in [0.15, 0.2) is 42.5 Å². The number of carbonyl (C=O) groups excluding carboxylic acids is 1. The summed E-state index contributed by atoms with van der Waals surface area (Å²) in [5.74, 6) is 2.72. The first-order valence-corrected chi connectivity index (χ1v) is 6.85. The van der Waals surface area contributed by atoms with Crippen molar-refractivity contribution in [3.8, 4) is 23.8 Å². The van der Waals surface area contributed by atoms with Crippen LogP contribution in [0.1, 0.15) is 10.4 Å². The average molecular weight is 326 g/mol. The van der Waals surface area contributed by atoms with Crippen LogP contribution in [-0.4, -0.2) is 24.5 Å². The van der Waals surface area contributed by atoms with E-state index < -0.39 is 4.92 Å². The number of anilines is 1. The predicted octanol–water partition coefficient (Wildman–Crippen LogP) is 2.87. The van der Waals surface area contributed by atoms with Crippen LogP contribution in [0.3, 0.4) is 0 Å². The molecular formula is C17H14N2O5. The first-order valence-electron chi connectivity index (χ1n) is 6.85. The van der Waals surface area contributed by atoms with Crippen molar-refractivity contribution in [2.75, 3.05) is 19.0 Å². The van der Waals surface area contributed by atoms with E-state index >= 15 is 0 Å². The first-order chi connectivity index (χ1) is 11.5. The van der Waals surface area contributed by atoms with Crippen LogP contribution in [0.2, 0.25) is 0 Å². The molecule has 0 saturated carbocycles. The van der Waals surface area contributed by atoms with Gasteiger partial charge in [-0.25, -0.2) is 0 Å². The Morgan fingerprint density at radius 1 is 1.29 bits per heavy atom. The molecule has 0 atom stereocenters. The maximum Gasteiger partial charge on any atom is 0.273 e. The van der Waals surface area contributed by atoms with Crippen LogP contribution < -0.4 is 14.8 Å². The van der Waals surface area contributed by atoms with Gasteiger partial charge in [-0.3, -0.25) is 14.9 Å². The Bertz CT molecular complexity index is 794. The molecule has 1 amide bonds. The highest BCUT2D eigenvalue weighted by atomic mass is 16.6. The number of nitrogens with one attached hydrogen (secondary N) is 1. The highest BCUT2D eigenvalue weighted by molar-refractivity contribution is 6.05. The zero-order valence-electron chi connectivity index (χ0n) is 12.8. The molecule has 24 heavy (non-hydrogen) atoms. The number of methoxy groups -OCH3 is 1. The van der Waals surface area contributed by atoms with Crippen molar-refractivity contribution >= 4 is 17.3 Å². The van der Waals surface area contributed by atoms with E-state index in [4.69, 9.17) is 15.9 Å². The van der Waals surface area contributed by atoms with Crippen molar-refractivity contribution in [3.63, 3.8) is 0 Å². The molecule has 0 spiro atoms. The number of hydrogen-bond acceptors (Lipinski definition) is 5. The summed E-state index contributed by atoms with van der Waals surface area (Å²) in [5.41, 5.74) is 0.601. The zero-order chi connectivity index (χ0) is 17.5. The summed E-state index contributed by atoms with van der Waals surface area (Å²) in [7, 11) is 1.37. The van der Waals surface area contributed by atoms with Crippen molar-refractivity contribution in [2.24, 2.45) is 0 Å². The molecule has 7 heteroatoms. The van der Waals surface area contributed by atoms with E-state index in [1.54, 1.807) is 24.3 Å². The van der Waals surface area contributed by atoms with Crippen molar-refractivity contribution < 1.29 is 19.2 Å². The Kier molecular flexibility index (Phi) is 5.36. The van der Waals surface area contributed by atoms with Gasteiger partial charge in [-0.2, -0.15) is 0 Å². The second-order valence-corrected chi connectivity index (χ2v) is 4.61. The summed E-state index contributed by atoms with van der Waals surface area (Å²) in [6.07, 6.45) is 5.10. The van der Waals surface area contributed by atoms with Crippen molar-refractivity contribution in [2.45, 2.75) is 0 Å². The lowest BCUT2D eigenvalue weighted by atomic mass is 10.2. The van der Waals surface area contributed by atoms with Gasteiger partial charge < -0.3 is 14.8 Å². The van der Waals surface area contributed by atoms with E-state index in [1.165, 1.54) is 25.3 Å². The summed E-state index contributed by atoms with van der Waals surface area (Å²) in [6, 6.07) is 10.4.